The molecule has 0 aliphatic rings. The lowest BCUT2D eigenvalue weighted by Gasteiger charge is -2.12. The molecule has 5 heteroatoms. The maximum atomic E-state index is 3.96. The highest BCUT2D eigenvalue weighted by atomic mass is 15.5. The number of nitrogens with zero attached hydrogens (tertiary/aromatic N) is 3. The van der Waals surface area contributed by atoms with E-state index in [2.05, 4.69) is 58.0 Å². The molecule has 1 unspecified atom stereocenters. The highest BCUT2D eigenvalue weighted by molar-refractivity contribution is 5.30. The second-order valence-corrected chi connectivity index (χ2v) is 4.30. The Labute approximate surface area is 101 Å². The number of benzene rings is 1. The number of hydrogen-bond donors (Lipinski definition) is 2. The van der Waals surface area contributed by atoms with Crippen LogP contribution < -0.4 is 5.32 Å². The third-order valence-corrected chi connectivity index (χ3v) is 2.85. The topological polar surface area (TPSA) is 66.5 Å². The summed E-state index contributed by atoms with van der Waals surface area (Å²) in [5, 5.41) is 17.3. The van der Waals surface area contributed by atoms with E-state index in [0.29, 0.717) is 5.82 Å². The Morgan fingerprint density at radius 1 is 1.35 bits per heavy atom. The van der Waals surface area contributed by atoms with Gasteiger partial charge in [0, 0.05) is 6.54 Å². The zero-order valence-corrected chi connectivity index (χ0v) is 10.4. The molecule has 1 aromatic carbocycles. The summed E-state index contributed by atoms with van der Waals surface area (Å²) in [5.74, 6) is 0.690. The van der Waals surface area contributed by atoms with Crippen molar-refractivity contribution in [2.45, 2.75) is 33.4 Å². The van der Waals surface area contributed by atoms with Gasteiger partial charge in [-0.15, -0.1) is 10.2 Å². The van der Waals surface area contributed by atoms with Crippen LogP contribution in [0.15, 0.2) is 18.2 Å². The van der Waals surface area contributed by atoms with Crippen molar-refractivity contribution in [2.24, 2.45) is 0 Å². The average Bonchev–Trinajstić information content (AvgIpc) is 2.83. The number of rotatable bonds is 4. The van der Waals surface area contributed by atoms with Gasteiger partial charge in [-0.3, -0.25) is 0 Å². The van der Waals surface area contributed by atoms with Crippen LogP contribution in [0.1, 0.15) is 35.5 Å². The molecule has 0 bridgehead atoms. The zero-order valence-electron chi connectivity index (χ0n) is 10.4. The fraction of sp³-hybridized carbons (Fsp3) is 0.417. The van der Waals surface area contributed by atoms with Gasteiger partial charge in [-0.1, -0.05) is 29.0 Å². The number of hydrogen-bond acceptors (Lipinski definition) is 4. The Kier molecular flexibility index (Phi) is 3.49. The molecule has 0 radical (unpaired) electrons. The second-order valence-electron chi connectivity index (χ2n) is 4.30. The minimum Gasteiger partial charge on any atom is -0.303 e. The lowest BCUT2D eigenvalue weighted by molar-refractivity contribution is 0.545. The predicted molar refractivity (Wildman–Crippen MR) is 65.3 cm³/mol. The van der Waals surface area contributed by atoms with E-state index in [1.165, 1.54) is 16.7 Å². The van der Waals surface area contributed by atoms with Crippen LogP contribution in [-0.4, -0.2) is 20.6 Å². The van der Waals surface area contributed by atoms with Crippen LogP contribution in [0.3, 0.4) is 0 Å². The number of aromatic nitrogens is 4. The zero-order chi connectivity index (χ0) is 12.3. The highest BCUT2D eigenvalue weighted by Gasteiger charge is 2.09. The molecular weight excluding hydrogens is 214 g/mol. The van der Waals surface area contributed by atoms with Crippen LogP contribution in [0, 0.1) is 13.8 Å². The van der Waals surface area contributed by atoms with Gasteiger partial charge in [-0.2, -0.15) is 5.21 Å². The molecule has 0 saturated heterocycles. The van der Waals surface area contributed by atoms with Crippen LogP contribution in [0.4, 0.5) is 0 Å². The van der Waals surface area contributed by atoms with Crippen molar-refractivity contribution in [1.29, 1.82) is 0 Å². The molecular formula is C12H17N5. The first-order valence-electron chi connectivity index (χ1n) is 5.69. The number of aromatic amines is 1. The molecule has 1 heterocycles. The monoisotopic (exact) mass is 231 g/mol. The third kappa shape index (κ3) is 2.88. The molecule has 0 amide bonds. The maximum Gasteiger partial charge on any atom is 0.191 e. The summed E-state index contributed by atoms with van der Waals surface area (Å²) in [5.41, 5.74) is 3.88. The van der Waals surface area contributed by atoms with Gasteiger partial charge in [0.15, 0.2) is 5.82 Å². The van der Waals surface area contributed by atoms with Crippen molar-refractivity contribution >= 4 is 0 Å². The maximum absolute atomic E-state index is 3.96. The molecule has 5 nitrogen and oxygen atoms in total. The predicted octanol–water partition coefficient (Wildman–Crippen LogP) is 1.67. The quantitative estimate of drug-likeness (QED) is 0.840. The Morgan fingerprint density at radius 3 is 2.88 bits per heavy atom. The van der Waals surface area contributed by atoms with Gasteiger partial charge in [-0.25, -0.2) is 0 Å². The highest BCUT2D eigenvalue weighted by Crippen LogP contribution is 2.12. The van der Waals surface area contributed by atoms with Crippen molar-refractivity contribution in [1.82, 2.24) is 25.9 Å². The molecule has 0 aliphatic heterocycles. The normalized spacial score (nSPS) is 12.6. The smallest absolute Gasteiger partial charge is 0.191 e. The minimum absolute atomic E-state index is 0.0914. The number of H-pyrrole nitrogens is 1. The van der Waals surface area contributed by atoms with Gasteiger partial charge >= 0.3 is 0 Å². The van der Waals surface area contributed by atoms with Crippen molar-refractivity contribution in [3.05, 3.63) is 40.7 Å². The van der Waals surface area contributed by atoms with E-state index in [1.54, 1.807) is 0 Å². The summed E-state index contributed by atoms with van der Waals surface area (Å²) < 4.78 is 0. The third-order valence-electron chi connectivity index (χ3n) is 2.85. The fourth-order valence-corrected chi connectivity index (χ4v) is 1.70. The van der Waals surface area contributed by atoms with Crippen molar-refractivity contribution in [3.63, 3.8) is 0 Å². The first-order chi connectivity index (χ1) is 8.16. The Bertz CT molecular complexity index is 478. The van der Waals surface area contributed by atoms with E-state index in [-0.39, 0.29) is 6.04 Å². The van der Waals surface area contributed by atoms with Gasteiger partial charge in [0.05, 0.1) is 6.04 Å². The molecule has 0 spiro atoms. The Balaban J connectivity index is 2.00. The van der Waals surface area contributed by atoms with E-state index < -0.39 is 0 Å². The van der Waals surface area contributed by atoms with E-state index in [0.717, 1.165) is 6.54 Å². The molecule has 0 aliphatic carbocycles. The molecule has 1 aromatic heterocycles. The van der Waals surface area contributed by atoms with Crippen LogP contribution >= 0.6 is 0 Å². The van der Waals surface area contributed by atoms with Gasteiger partial charge in [0.25, 0.3) is 0 Å². The summed E-state index contributed by atoms with van der Waals surface area (Å²) in [6, 6.07) is 6.56. The van der Waals surface area contributed by atoms with Crippen molar-refractivity contribution in [2.75, 3.05) is 0 Å². The van der Waals surface area contributed by atoms with E-state index in [1.807, 2.05) is 6.92 Å². The minimum atomic E-state index is 0.0914. The van der Waals surface area contributed by atoms with E-state index in [9.17, 15) is 0 Å². The fourth-order valence-electron chi connectivity index (χ4n) is 1.70. The first-order valence-corrected chi connectivity index (χ1v) is 5.69. The summed E-state index contributed by atoms with van der Waals surface area (Å²) in [4.78, 5) is 0. The van der Waals surface area contributed by atoms with Gasteiger partial charge < -0.3 is 5.32 Å². The standard InChI is InChI=1S/C12H17N5/c1-8-4-5-9(2)11(6-8)7-13-10(3)12-14-16-17-15-12/h4-6,10,13H,7H2,1-3H3,(H,14,15,16,17). The lowest BCUT2D eigenvalue weighted by atomic mass is 10.1. The van der Waals surface area contributed by atoms with Gasteiger partial charge in [0.1, 0.15) is 0 Å². The molecule has 1 atom stereocenters. The van der Waals surface area contributed by atoms with Crippen molar-refractivity contribution < 1.29 is 0 Å². The van der Waals surface area contributed by atoms with E-state index >= 15 is 0 Å². The van der Waals surface area contributed by atoms with Crippen molar-refractivity contribution in [3.8, 4) is 0 Å². The van der Waals surface area contributed by atoms with Crippen LogP contribution in [0.5, 0.6) is 0 Å². The summed E-state index contributed by atoms with van der Waals surface area (Å²) in [7, 11) is 0. The van der Waals surface area contributed by atoms with Gasteiger partial charge in [-0.05, 0) is 31.9 Å². The largest absolute Gasteiger partial charge is 0.303 e. The molecule has 17 heavy (non-hydrogen) atoms. The molecule has 2 rings (SSSR count). The molecule has 0 fully saturated rings. The number of aryl methyl sites for hydroxylation is 2. The number of tetrazole rings is 1. The molecule has 0 saturated carbocycles. The summed E-state index contributed by atoms with van der Waals surface area (Å²) in [6.07, 6.45) is 0. The average molecular weight is 231 g/mol. The van der Waals surface area contributed by atoms with Crippen LogP contribution in [0.25, 0.3) is 0 Å². The number of nitrogens with one attached hydrogen (secondary N) is 2. The Morgan fingerprint density at radius 2 is 2.18 bits per heavy atom. The molecule has 90 valence electrons. The summed E-state index contributed by atoms with van der Waals surface area (Å²) >= 11 is 0. The SMILES string of the molecule is Cc1ccc(C)c(CNC(C)c2nn[nH]n2)c1. The van der Waals surface area contributed by atoms with Crippen LogP contribution in [-0.2, 0) is 6.54 Å². The molecule has 2 N–H and O–H groups in total. The van der Waals surface area contributed by atoms with Crippen LogP contribution in [0.2, 0.25) is 0 Å². The first kappa shape index (κ1) is 11.7. The summed E-state index contributed by atoms with van der Waals surface area (Å²) in [6.45, 7) is 7.06. The van der Waals surface area contributed by atoms with E-state index in [4.69, 9.17) is 0 Å². The lowest BCUT2D eigenvalue weighted by Crippen LogP contribution is -2.19. The second kappa shape index (κ2) is 5.05. The van der Waals surface area contributed by atoms with Gasteiger partial charge in [0.2, 0.25) is 0 Å². The Hall–Kier alpha value is -1.75. The molecule has 2 aromatic rings.